The highest BCUT2D eigenvalue weighted by atomic mass is 16.7. The van der Waals surface area contributed by atoms with E-state index in [-0.39, 0.29) is 6.10 Å². The molecule has 1 heterocycles. The molecule has 0 bridgehead atoms. The second-order valence-corrected chi connectivity index (χ2v) is 2.58. The van der Waals surface area contributed by atoms with Crippen molar-refractivity contribution in [2.45, 2.75) is 32.3 Å². The molecule has 0 radical (unpaired) electrons. The molecule has 9 heavy (non-hydrogen) atoms. The van der Waals surface area contributed by atoms with Crippen LogP contribution in [0.15, 0.2) is 0 Å². The first-order valence-electron chi connectivity index (χ1n) is 3.21. The molecular formula is C6H13NO2. The lowest BCUT2D eigenvalue weighted by Gasteiger charge is -2.33. The third kappa shape index (κ3) is 1.93. The summed E-state index contributed by atoms with van der Waals surface area (Å²) >= 11 is 0. The average molecular weight is 131 g/mol. The predicted molar refractivity (Wildman–Crippen MR) is 33.7 cm³/mol. The zero-order valence-corrected chi connectivity index (χ0v) is 5.89. The third-order valence-corrected chi connectivity index (χ3v) is 1.35. The molecule has 0 aliphatic carbocycles. The van der Waals surface area contributed by atoms with Crippen molar-refractivity contribution in [1.82, 2.24) is 0 Å². The molecule has 0 spiro atoms. The number of hydrogen-bond acceptors (Lipinski definition) is 3. The first-order chi connectivity index (χ1) is 4.10. The highest BCUT2D eigenvalue weighted by Gasteiger charge is 2.27. The Morgan fingerprint density at radius 3 is 2.67 bits per heavy atom. The molecule has 0 aromatic heterocycles. The molecule has 2 unspecified atom stereocenters. The summed E-state index contributed by atoms with van der Waals surface area (Å²) in [6.07, 6.45) is 1.17. The van der Waals surface area contributed by atoms with Crippen LogP contribution in [0.25, 0.3) is 0 Å². The Bertz CT molecular complexity index is 103. The van der Waals surface area contributed by atoms with Gasteiger partial charge in [-0.15, -0.1) is 0 Å². The Kier molecular flexibility index (Phi) is 1.75. The summed E-state index contributed by atoms with van der Waals surface area (Å²) in [5.74, 6) is -0.850. The average Bonchev–Trinajstić information content (AvgIpc) is 1.60. The van der Waals surface area contributed by atoms with Gasteiger partial charge in [0.25, 0.3) is 0 Å². The minimum atomic E-state index is -0.850. The van der Waals surface area contributed by atoms with Crippen molar-refractivity contribution in [2.75, 3.05) is 6.61 Å². The summed E-state index contributed by atoms with van der Waals surface area (Å²) in [6.45, 7) is 4.42. The molecule has 1 aliphatic rings. The topological polar surface area (TPSA) is 44.5 Å². The SMILES string of the molecule is CC1CCOC(C)(N)O1. The molecule has 2 atom stereocenters. The lowest BCUT2D eigenvalue weighted by Crippen LogP contribution is -2.48. The van der Waals surface area contributed by atoms with Crippen LogP contribution in [0.1, 0.15) is 20.3 Å². The van der Waals surface area contributed by atoms with E-state index in [9.17, 15) is 0 Å². The van der Waals surface area contributed by atoms with E-state index in [1.807, 2.05) is 6.92 Å². The van der Waals surface area contributed by atoms with Crippen LogP contribution in [-0.4, -0.2) is 18.6 Å². The van der Waals surface area contributed by atoms with Gasteiger partial charge in [-0.05, 0) is 13.3 Å². The van der Waals surface area contributed by atoms with Crippen LogP contribution in [0.4, 0.5) is 0 Å². The normalized spacial score (nSPS) is 45.0. The largest absolute Gasteiger partial charge is 0.338 e. The summed E-state index contributed by atoms with van der Waals surface area (Å²) in [6, 6.07) is 0. The highest BCUT2D eigenvalue weighted by Crippen LogP contribution is 2.16. The summed E-state index contributed by atoms with van der Waals surface area (Å²) < 4.78 is 10.3. The fourth-order valence-corrected chi connectivity index (χ4v) is 0.920. The predicted octanol–water partition coefficient (Wildman–Crippen LogP) is 0.444. The van der Waals surface area contributed by atoms with Crippen molar-refractivity contribution in [3.05, 3.63) is 0 Å². The van der Waals surface area contributed by atoms with Crippen molar-refractivity contribution < 1.29 is 9.47 Å². The van der Waals surface area contributed by atoms with E-state index in [2.05, 4.69) is 0 Å². The molecule has 0 saturated carbocycles. The van der Waals surface area contributed by atoms with E-state index >= 15 is 0 Å². The smallest absolute Gasteiger partial charge is 0.222 e. The van der Waals surface area contributed by atoms with Crippen LogP contribution in [-0.2, 0) is 9.47 Å². The number of rotatable bonds is 0. The molecule has 1 aliphatic heterocycles. The number of nitrogens with two attached hydrogens (primary N) is 1. The van der Waals surface area contributed by atoms with Gasteiger partial charge in [0.15, 0.2) is 0 Å². The summed E-state index contributed by atoms with van der Waals surface area (Å²) in [4.78, 5) is 0. The summed E-state index contributed by atoms with van der Waals surface area (Å²) in [5.41, 5.74) is 5.52. The fourth-order valence-electron chi connectivity index (χ4n) is 0.920. The second kappa shape index (κ2) is 2.25. The minimum absolute atomic E-state index is 0.230. The Morgan fingerprint density at radius 1 is 1.67 bits per heavy atom. The quantitative estimate of drug-likeness (QED) is 0.519. The Morgan fingerprint density at radius 2 is 2.33 bits per heavy atom. The molecule has 54 valence electrons. The van der Waals surface area contributed by atoms with Gasteiger partial charge in [-0.25, -0.2) is 0 Å². The molecule has 0 aromatic carbocycles. The molecule has 1 fully saturated rings. The zero-order valence-electron chi connectivity index (χ0n) is 5.89. The van der Waals surface area contributed by atoms with Gasteiger partial charge >= 0.3 is 0 Å². The highest BCUT2D eigenvalue weighted by molar-refractivity contribution is 4.62. The van der Waals surface area contributed by atoms with Crippen molar-refractivity contribution in [3.8, 4) is 0 Å². The van der Waals surface area contributed by atoms with E-state index in [1.165, 1.54) is 0 Å². The minimum Gasteiger partial charge on any atom is -0.338 e. The third-order valence-electron chi connectivity index (χ3n) is 1.35. The van der Waals surface area contributed by atoms with Crippen LogP contribution >= 0.6 is 0 Å². The molecule has 1 rings (SSSR count). The zero-order chi connectivity index (χ0) is 6.91. The molecule has 3 heteroatoms. The summed E-state index contributed by atoms with van der Waals surface area (Å²) in [5, 5.41) is 0. The molecular weight excluding hydrogens is 118 g/mol. The van der Waals surface area contributed by atoms with Gasteiger partial charge in [0.1, 0.15) is 0 Å². The molecule has 3 nitrogen and oxygen atoms in total. The monoisotopic (exact) mass is 131 g/mol. The van der Waals surface area contributed by atoms with Crippen LogP contribution in [0.3, 0.4) is 0 Å². The van der Waals surface area contributed by atoms with Gasteiger partial charge in [-0.1, -0.05) is 0 Å². The van der Waals surface area contributed by atoms with Crippen molar-refractivity contribution >= 4 is 0 Å². The Balaban J connectivity index is 2.41. The van der Waals surface area contributed by atoms with Gasteiger partial charge in [0.2, 0.25) is 5.91 Å². The molecule has 0 amide bonds. The molecule has 1 saturated heterocycles. The molecule has 0 aromatic rings. The van der Waals surface area contributed by atoms with Crippen molar-refractivity contribution in [1.29, 1.82) is 0 Å². The van der Waals surface area contributed by atoms with E-state index in [0.29, 0.717) is 6.61 Å². The maximum Gasteiger partial charge on any atom is 0.222 e. The van der Waals surface area contributed by atoms with Gasteiger partial charge in [-0.2, -0.15) is 0 Å². The lowest BCUT2D eigenvalue weighted by atomic mass is 10.3. The second-order valence-electron chi connectivity index (χ2n) is 2.58. The molecule has 2 N–H and O–H groups in total. The number of ether oxygens (including phenoxy) is 2. The van der Waals surface area contributed by atoms with Gasteiger partial charge in [-0.3, -0.25) is 5.73 Å². The van der Waals surface area contributed by atoms with E-state index < -0.39 is 5.91 Å². The van der Waals surface area contributed by atoms with Crippen molar-refractivity contribution in [2.24, 2.45) is 5.73 Å². The van der Waals surface area contributed by atoms with Crippen LogP contribution < -0.4 is 5.73 Å². The van der Waals surface area contributed by atoms with Crippen LogP contribution in [0.2, 0.25) is 0 Å². The lowest BCUT2D eigenvalue weighted by molar-refractivity contribution is -0.276. The first-order valence-corrected chi connectivity index (χ1v) is 3.21. The maximum atomic E-state index is 5.52. The Labute approximate surface area is 55.1 Å². The number of hydrogen-bond donors (Lipinski definition) is 1. The van der Waals surface area contributed by atoms with Gasteiger partial charge in [0.05, 0.1) is 12.7 Å². The fraction of sp³-hybridized carbons (Fsp3) is 1.00. The maximum absolute atomic E-state index is 5.52. The standard InChI is InChI=1S/C6H13NO2/c1-5-3-4-8-6(2,7)9-5/h5H,3-4,7H2,1-2H3. The van der Waals surface area contributed by atoms with Gasteiger partial charge < -0.3 is 9.47 Å². The van der Waals surface area contributed by atoms with Crippen LogP contribution in [0, 0.1) is 0 Å². The van der Waals surface area contributed by atoms with Gasteiger partial charge in [0, 0.05) is 6.92 Å². The summed E-state index contributed by atoms with van der Waals surface area (Å²) in [7, 11) is 0. The first kappa shape index (κ1) is 6.99. The van der Waals surface area contributed by atoms with Crippen molar-refractivity contribution in [3.63, 3.8) is 0 Å². The van der Waals surface area contributed by atoms with E-state index in [1.54, 1.807) is 6.92 Å². The van der Waals surface area contributed by atoms with E-state index in [4.69, 9.17) is 15.2 Å². The van der Waals surface area contributed by atoms with E-state index in [0.717, 1.165) is 6.42 Å². The Hall–Kier alpha value is -0.120. The van der Waals surface area contributed by atoms with Crippen LogP contribution in [0.5, 0.6) is 0 Å².